The first-order valence-electron chi connectivity index (χ1n) is 5.91. The van der Waals surface area contributed by atoms with Gasteiger partial charge in [-0.2, -0.15) is 0 Å². The summed E-state index contributed by atoms with van der Waals surface area (Å²) in [6.07, 6.45) is 0. The van der Waals surface area contributed by atoms with Crippen LogP contribution in [0.4, 0.5) is 5.69 Å². The SMILES string of the molecule is CC(C)(SCC(=O)Nc1ccccc1Cl)[C@H](N)C(=O)O. The van der Waals surface area contributed by atoms with Crippen molar-refractivity contribution in [3.63, 3.8) is 0 Å². The van der Waals surface area contributed by atoms with E-state index in [4.69, 9.17) is 22.4 Å². The molecule has 20 heavy (non-hydrogen) atoms. The predicted molar refractivity (Wildman–Crippen MR) is 82.2 cm³/mol. The molecule has 0 fully saturated rings. The molecular formula is C13H17ClN2O3S. The number of carboxylic acids is 1. The number of rotatable bonds is 6. The molecule has 7 heteroatoms. The fourth-order valence-electron chi connectivity index (χ4n) is 1.39. The molecule has 5 nitrogen and oxygen atoms in total. The number of hydrogen-bond donors (Lipinski definition) is 3. The molecular weight excluding hydrogens is 300 g/mol. The first-order chi connectivity index (χ1) is 9.24. The van der Waals surface area contributed by atoms with Gasteiger partial charge in [0, 0.05) is 4.75 Å². The zero-order valence-electron chi connectivity index (χ0n) is 11.2. The van der Waals surface area contributed by atoms with E-state index < -0.39 is 16.8 Å². The van der Waals surface area contributed by atoms with E-state index in [1.165, 1.54) is 11.8 Å². The fraction of sp³-hybridized carbons (Fsp3) is 0.385. The number of nitrogens with two attached hydrogens (primary N) is 1. The van der Waals surface area contributed by atoms with E-state index in [0.29, 0.717) is 10.7 Å². The van der Waals surface area contributed by atoms with Crippen LogP contribution >= 0.6 is 23.4 Å². The number of amides is 1. The van der Waals surface area contributed by atoms with Gasteiger partial charge in [0.1, 0.15) is 6.04 Å². The molecule has 1 amide bonds. The summed E-state index contributed by atoms with van der Waals surface area (Å²) in [5, 5.41) is 12.0. The maximum Gasteiger partial charge on any atom is 0.321 e. The van der Waals surface area contributed by atoms with Crippen molar-refractivity contribution in [1.29, 1.82) is 0 Å². The summed E-state index contributed by atoms with van der Waals surface area (Å²) in [6, 6.07) is 5.86. The van der Waals surface area contributed by atoms with Crippen LogP contribution in [0.2, 0.25) is 5.02 Å². The average molecular weight is 317 g/mol. The smallest absolute Gasteiger partial charge is 0.321 e. The van der Waals surface area contributed by atoms with Crippen molar-refractivity contribution in [2.24, 2.45) is 5.73 Å². The molecule has 0 unspecified atom stereocenters. The number of anilines is 1. The van der Waals surface area contributed by atoms with Crippen molar-refractivity contribution >= 4 is 40.9 Å². The summed E-state index contributed by atoms with van der Waals surface area (Å²) in [6.45, 7) is 3.39. The zero-order chi connectivity index (χ0) is 15.3. The Morgan fingerprint density at radius 1 is 1.45 bits per heavy atom. The third kappa shape index (κ3) is 4.70. The lowest BCUT2D eigenvalue weighted by Crippen LogP contribution is -2.47. The summed E-state index contributed by atoms with van der Waals surface area (Å²) >= 11 is 7.12. The minimum absolute atomic E-state index is 0.0964. The maximum atomic E-state index is 11.8. The molecule has 4 N–H and O–H groups in total. The van der Waals surface area contributed by atoms with Crippen LogP contribution in [0.5, 0.6) is 0 Å². The summed E-state index contributed by atoms with van der Waals surface area (Å²) in [7, 11) is 0. The van der Waals surface area contributed by atoms with Crippen molar-refractivity contribution in [2.45, 2.75) is 24.6 Å². The largest absolute Gasteiger partial charge is 0.480 e. The molecule has 1 rings (SSSR count). The number of carbonyl (C=O) groups is 2. The van der Waals surface area contributed by atoms with E-state index in [-0.39, 0.29) is 11.7 Å². The molecule has 1 aromatic rings. The van der Waals surface area contributed by atoms with Gasteiger partial charge in [0.2, 0.25) is 5.91 Å². The average Bonchev–Trinajstić information content (AvgIpc) is 2.38. The van der Waals surface area contributed by atoms with Gasteiger partial charge in [-0.1, -0.05) is 23.7 Å². The zero-order valence-corrected chi connectivity index (χ0v) is 12.8. The van der Waals surface area contributed by atoms with Crippen LogP contribution in [0.15, 0.2) is 24.3 Å². The van der Waals surface area contributed by atoms with Gasteiger partial charge in [-0.25, -0.2) is 0 Å². The lowest BCUT2D eigenvalue weighted by atomic mass is 10.1. The topological polar surface area (TPSA) is 92.4 Å². The second-order valence-electron chi connectivity index (χ2n) is 4.74. The van der Waals surface area contributed by atoms with Crippen LogP contribution in [0.3, 0.4) is 0 Å². The molecule has 1 atom stereocenters. The van der Waals surface area contributed by atoms with Gasteiger partial charge in [0.25, 0.3) is 0 Å². The molecule has 0 saturated heterocycles. The van der Waals surface area contributed by atoms with Gasteiger partial charge in [-0.05, 0) is 26.0 Å². The number of carbonyl (C=O) groups excluding carboxylic acids is 1. The molecule has 110 valence electrons. The molecule has 0 aliphatic carbocycles. The molecule has 1 aromatic carbocycles. The molecule has 0 heterocycles. The molecule has 0 bridgehead atoms. The second kappa shape index (κ2) is 6.97. The van der Waals surface area contributed by atoms with E-state index in [2.05, 4.69) is 5.32 Å². The number of carboxylic acid groups (broad SMARTS) is 1. The number of benzene rings is 1. The maximum absolute atomic E-state index is 11.8. The van der Waals surface area contributed by atoms with Crippen LogP contribution in [0.1, 0.15) is 13.8 Å². The van der Waals surface area contributed by atoms with Gasteiger partial charge >= 0.3 is 5.97 Å². The number of halogens is 1. The van der Waals surface area contributed by atoms with Crippen LogP contribution < -0.4 is 11.1 Å². The van der Waals surface area contributed by atoms with Crippen LogP contribution in [0.25, 0.3) is 0 Å². The normalized spacial score (nSPS) is 12.8. The van der Waals surface area contributed by atoms with E-state index in [1.54, 1.807) is 38.1 Å². The van der Waals surface area contributed by atoms with Gasteiger partial charge in [-0.3, -0.25) is 9.59 Å². The third-order valence-electron chi connectivity index (χ3n) is 2.74. The Labute approximate surface area is 126 Å². The number of thioether (sulfide) groups is 1. The summed E-state index contributed by atoms with van der Waals surface area (Å²) in [5.74, 6) is -1.25. The van der Waals surface area contributed by atoms with E-state index in [9.17, 15) is 9.59 Å². The van der Waals surface area contributed by atoms with E-state index in [0.717, 1.165) is 0 Å². The lowest BCUT2D eigenvalue weighted by molar-refractivity contribution is -0.139. The van der Waals surface area contributed by atoms with Gasteiger partial charge in [0.05, 0.1) is 16.5 Å². The lowest BCUT2D eigenvalue weighted by Gasteiger charge is -2.27. The van der Waals surface area contributed by atoms with E-state index >= 15 is 0 Å². The van der Waals surface area contributed by atoms with Crippen molar-refractivity contribution < 1.29 is 14.7 Å². The molecule has 0 radical (unpaired) electrons. The van der Waals surface area contributed by atoms with Crippen molar-refractivity contribution in [1.82, 2.24) is 0 Å². The predicted octanol–water partition coefficient (Wildman–Crippen LogP) is 2.20. The number of para-hydroxylation sites is 1. The summed E-state index contributed by atoms with van der Waals surface area (Å²) in [5.41, 5.74) is 6.11. The van der Waals surface area contributed by atoms with E-state index in [1.807, 2.05) is 0 Å². The molecule has 0 spiro atoms. The van der Waals surface area contributed by atoms with Crippen LogP contribution in [-0.4, -0.2) is 33.5 Å². The highest BCUT2D eigenvalue weighted by Gasteiger charge is 2.33. The Balaban J connectivity index is 2.56. The Kier molecular flexibility index (Phi) is 5.86. The number of nitrogens with one attached hydrogen (secondary N) is 1. The van der Waals surface area contributed by atoms with Crippen LogP contribution in [0, 0.1) is 0 Å². The van der Waals surface area contributed by atoms with Gasteiger partial charge in [0.15, 0.2) is 0 Å². The Bertz CT molecular complexity index is 508. The van der Waals surface area contributed by atoms with Crippen molar-refractivity contribution in [3.05, 3.63) is 29.3 Å². The van der Waals surface area contributed by atoms with Crippen molar-refractivity contribution in [3.8, 4) is 0 Å². The van der Waals surface area contributed by atoms with Gasteiger partial charge in [-0.15, -0.1) is 11.8 Å². The standard InChI is InChI=1S/C13H17ClN2O3S/c1-13(2,11(15)12(18)19)20-7-10(17)16-9-6-4-3-5-8(9)14/h3-6,11H,7,15H2,1-2H3,(H,16,17)(H,18,19)/t11-/m1/s1. The quantitative estimate of drug-likeness (QED) is 0.748. The highest BCUT2D eigenvalue weighted by molar-refractivity contribution is 8.01. The summed E-state index contributed by atoms with van der Waals surface area (Å²) < 4.78 is -0.746. The second-order valence-corrected chi connectivity index (χ2v) is 6.77. The third-order valence-corrected chi connectivity index (χ3v) is 4.47. The van der Waals surface area contributed by atoms with Gasteiger partial charge < -0.3 is 16.2 Å². The fourth-order valence-corrected chi connectivity index (χ4v) is 2.43. The summed E-state index contributed by atoms with van der Waals surface area (Å²) in [4.78, 5) is 22.7. The highest BCUT2D eigenvalue weighted by Crippen LogP contribution is 2.28. The van der Waals surface area contributed by atoms with Crippen LogP contribution in [-0.2, 0) is 9.59 Å². The minimum atomic E-state index is -1.09. The van der Waals surface area contributed by atoms with Crippen molar-refractivity contribution in [2.75, 3.05) is 11.1 Å². The Morgan fingerprint density at radius 3 is 2.60 bits per heavy atom. The number of hydrogen-bond acceptors (Lipinski definition) is 4. The minimum Gasteiger partial charge on any atom is -0.480 e. The Morgan fingerprint density at radius 2 is 2.05 bits per heavy atom. The molecule has 0 aliphatic heterocycles. The Hall–Kier alpha value is -1.24. The first kappa shape index (κ1) is 16.8. The molecule has 0 aromatic heterocycles. The monoisotopic (exact) mass is 316 g/mol. The first-order valence-corrected chi connectivity index (χ1v) is 7.27. The molecule has 0 aliphatic rings. The highest BCUT2D eigenvalue weighted by atomic mass is 35.5. The number of aliphatic carboxylic acids is 1. The molecule has 0 saturated carbocycles.